The van der Waals surface area contributed by atoms with Gasteiger partial charge in [0.15, 0.2) is 0 Å². The van der Waals surface area contributed by atoms with Crippen LogP contribution in [0.5, 0.6) is 0 Å². The summed E-state index contributed by atoms with van der Waals surface area (Å²) in [6, 6.07) is 0. The first-order valence-electron chi connectivity index (χ1n) is 5.10. The highest BCUT2D eigenvalue weighted by Crippen LogP contribution is 2.15. The molecule has 0 aliphatic rings. The Bertz CT molecular complexity index is 418. The Hall–Kier alpha value is -0.840. The second-order valence-electron chi connectivity index (χ2n) is 3.90. The van der Waals surface area contributed by atoms with E-state index in [4.69, 9.17) is 0 Å². The van der Waals surface area contributed by atoms with E-state index in [9.17, 15) is 9.00 Å². The monoisotopic (exact) mass is 230 g/mol. The third-order valence-electron chi connectivity index (χ3n) is 2.37. The average molecular weight is 230 g/mol. The molecule has 1 unspecified atom stereocenters. The molecule has 0 amide bonds. The Morgan fingerprint density at radius 2 is 2.07 bits per heavy atom. The van der Waals surface area contributed by atoms with Crippen molar-refractivity contribution in [3.05, 3.63) is 21.6 Å². The van der Waals surface area contributed by atoms with E-state index in [2.05, 4.69) is 5.10 Å². The van der Waals surface area contributed by atoms with Crippen LogP contribution in [0.4, 0.5) is 0 Å². The quantitative estimate of drug-likeness (QED) is 0.842. The van der Waals surface area contributed by atoms with Crippen molar-refractivity contribution in [3.8, 4) is 0 Å². The molecule has 1 atom stereocenters. The van der Waals surface area contributed by atoms with Crippen molar-refractivity contribution in [1.29, 1.82) is 0 Å². The van der Waals surface area contributed by atoms with Crippen LogP contribution < -0.4 is 5.56 Å². The van der Waals surface area contributed by atoms with Crippen LogP contribution >= 0.6 is 0 Å². The van der Waals surface area contributed by atoms with Gasteiger partial charge < -0.3 is 0 Å². The first kappa shape index (κ1) is 12.2. The van der Waals surface area contributed by atoms with E-state index < -0.39 is 10.8 Å². The summed E-state index contributed by atoms with van der Waals surface area (Å²) in [5, 5.41) is 2.97. The van der Waals surface area contributed by atoms with Crippen LogP contribution in [0.25, 0.3) is 0 Å². The third-order valence-corrected chi connectivity index (χ3v) is 3.62. The van der Waals surface area contributed by atoms with Crippen molar-refractivity contribution in [2.45, 2.75) is 32.4 Å². The highest BCUT2D eigenvalue weighted by Gasteiger charge is 2.16. The third kappa shape index (κ3) is 2.59. The van der Waals surface area contributed by atoms with Crippen LogP contribution in [0, 0.1) is 0 Å². The summed E-state index contributed by atoms with van der Waals surface area (Å²) >= 11 is 0. The summed E-state index contributed by atoms with van der Waals surface area (Å²) in [6.07, 6.45) is 0. The standard InChI is InChI=1S/C10H18N2O2S/c1-5-15(14)6-8-9(7(2)3)10(13)12(4)11-8/h7,11H,5-6H2,1-4H3. The molecule has 0 bridgehead atoms. The Labute approximate surface area is 92.1 Å². The molecule has 0 fully saturated rings. The van der Waals surface area contributed by atoms with Gasteiger partial charge in [-0.2, -0.15) is 0 Å². The van der Waals surface area contributed by atoms with Crippen LogP contribution in [-0.4, -0.2) is 19.7 Å². The molecule has 1 N–H and O–H groups in total. The van der Waals surface area contributed by atoms with Gasteiger partial charge in [-0.15, -0.1) is 0 Å². The molecule has 0 spiro atoms. The molecule has 1 aromatic rings. The fourth-order valence-corrected chi connectivity index (χ4v) is 2.34. The number of hydrogen-bond donors (Lipinski definition) is 1. The van der Waals surface area contributed by atoms with Gasteiger partial charge >= 0.3 is 0 Å². The SMILES string of the molecule is CCS(=O)Cc1[nH]n(C)c(=O)c1C(C)C. The average Bonchev–Trinajstić information content (AvgIpc) is 2.42. The van der Waals surface area contributed by atoms with Crippen molar-refractivity contribution >= 4 is 10.8 Å². The summed E-state index contributed by atoms with van der Waals surface area (Å²) in [7, 11) is 0.804. The Morgan fingerprint density at radius 1 is 1.47 bits per heavy atom. The predicted molar refractivity (Wildman–Crippen MR) is 62.5 cm³/mol. The summed E-state index contributed by atoms with van der Waals surface area (Å²) in [5.74, 6) is 1.23. The van der Waals surface area contributed by atoms with Crippen molar-refractivity contribution in [3.63, 3.8) is 0 Å². The van der Waals surface area contributed by atoms with Crippen molar-refractivity contribution in [1.82, 2.24) is 9.78 Å². The molecule has 0 aliphatic carbocycles. The zero-order chi connectivity index (χ0) is 11.6. The Kier molecular flexibility index (Phi) is 3.90. The first-order valence-corrected chi connectivity index (χ1v) is 6.58. The van der Waals surface area contributed by atoms with Crippen molar-refractivity contribution in [2.75, 3.05) is 5.75 Å². The van der Waals surface area contributed by atoms with Gasteiger partial charge in [-0.05, 0) is 5.92 Å². The number of hydrogen-bond acceptors (Lipinski definition) is 2. The lowest BCUT2D eigenvalue weighted by atomic mass is 10.1. The Morgan fingerprint density at radius 3 is 2.53 bits per heavy atom. The fourth-order valence-electron chi connectivity index (χ4n) is 1.59. The van der Waals surface area contributed by atoms with E-state index in [-0.39, 0.29) is 11.5 Å². The van der Waals surface area contributed by atoms with E-state index in [1.165, 1.54) is 4.68 Å². The second-order valence-corrected chi connectivity index (χ2v) is 5.64. The van der Waals surface area contributed by atoms with Gasteiger partial charge in [0.1, 0.15) is 0 Å². The number of nitrogens with zero attached hydrogens (tertiary/aromatic N) is 1. The lowest BCUT2D eigenvalue weighted by Gasteiger charge is -2.03. The molecular weight excluding hydrogens is 212 g/mol. The van der Waals surface area contributed by atoms with Crippen LogP contribution in [0.3, 0.4) is 0 Å². The van der Waals surface area contributed by atoms with Gasteiger partial charge in [-0.25, -0.2) is 0 Å². The van der Waals surface area contributed by atoms with E-state index in [1.807, 2.05) is 20.8 Å². The van der Waals surface area contributed by atoms with Gasteiger partial charge in [-0.3, -0.25) is 18.8 Å². The minimum Gasteiger partial charge on any atom is -0.299 e. The maximum Gasteiger partial charge on any atom is 0.269 e. The smallest absolute Gasteiger partial charge is 0.269 e. The molecule has 4 nitrogen and oxygen atoms in total. The highest BCUT2D eigenvalue weighted by molar-refractivity contribution is 7.84. The van der Waals surface area contributed by atoms with Crippen molar-refractivity contribution in [2.24, 2.45) is 7.05 Å². The minimum absolute atomic E-state index is 0.00639. The molecule has 0 radical (unpaired) electrons. The molecule has 5 heteroatoms. The lowest BCUT2D eigenvalue weighted by molar-refractivity contribution is 0.680. The van der Waals surface area contributed by atoms with E-state index in [0.29, 0.717) is 11.5 Å². The van der Waals surface area contributed by atoms with E-state index >= 15 is 0 Å². The van der Waals surface area contributed by atoms with Gasteiger partial charge in [0.05, 0.1) is 11.4 Å². The summed E-state index contributed by atoms with van der Waals surface area (Å²) in [4.78, 5) is 11.7. The molecule has 1 aromatic heterocycles. The van der Waals surface area contributed by atoms with Gasteiger partial charge in [-0.1, -0.05) is 20.8 Å². The topological polar surface area (TPSA) is 54.9 Å². The molecule has 0 aliphatic heterocycles. The number of aromatic nitrogens is 2. The molecular formula is C10H18N2O2S. The van der Waals surface area contributed by atoms with E-state index in [0.717, 1.165) is 11.3 Å². The second kappa shape index (κ2) is 4.79. The molecule has 86 valence electrons. The highest BCUT2D eigenvalue weighted by atomic mass is 32.2. The number of aromatic amines is 1. The number of rotatable bonds is 4. The summed E-state index contributed by atoms with van der Waals surface area (Å²) in [5.41, 5.74) is 1.57. The molecule has 0 aromatic carbocycles. The van der Waals surface area contributed by atoms with Crippen LogP contribution in [0.2, 0.25) is 0 Å². The largest absolute Gasteiger partial charge is 0.299 e. The molecule has 1 rings (SSSR count). The van der Waals surface area contributed by atoms with Crippen LogP contribution in [0.1, 0.15) is 37.9 Å². The summed E-state index contributed by atoms with van der Waals surface area (Å²) < 4.78 is 12.9. The fraction of sp³-hybridized carbons (Fsp3) is 0.700. The van der Waals surface area contributed by atoms with Gasteiger partial charge in [0.25, 0.3) is 5.56 Å². The van der Waals surface area contributed by atoms with Gasteiger partial charge in [0, 0.05) is 29.2 Å². The maximum absolute atomic E-state index is 11.7. The van der Waals surface area contributed by atoms with Gasteiger partial charge in [0.2, 0.25) is 0 Å². The molecule has 15 heavy (non-hydrogen) atoms. The summed E-state index contributed by atoms with van der Waals surface area (Å²) in [6.45, 7) is 5.83. The van der Waals surface area contributed by atoms with Crippen LogP contribution in [-0.2, 0) is 23.6 Å². The maximum atomic E-state index is 11.7. The normalized spacial score (nSPS) is 13.4. The zero-order valence-corrected chi connectivity index (χ0v) is 10.5. The zero-order valence-electron chi connectivity index (χ0n) is 9.66. The lowest BCUT2D eigenvalue weighted by Crippen LogP contribution is -2.16. The number of nitrogens with one attached hydrogen (secondary N) is 1. The molecule has 1 heterocycles. The molecule has 0 saturated heterocycles. The predicted octanol–water partition coefficient (Wildman–Crippen LogP) is 1.11. The molecule has 0 saturated carbocycles. The first-order chi connectivity index (χ1) is 6.97. The number of H-pyrrole nitrogens is 1. The Balaban J connectivity index is 3.12. The van der Waals surface area contributed by atoms with Crippen LogP contribution in [0.15, 0.2) is 4.79 Å². The van der Waals surface area contributed by atoms with Crippen molar-refractivity contribution < 1.29 is 4.21 Å². The van der Waals surface area contributed by atoms with E-state index in [1.54, 1.807) is 7.05 Å². The number of aryl methyl sites for hydroxylation is 1. The minimum atomic E-state index is -0.883.